The van der Waals surface area contributed by atoms with Crippen LogP contribution in [0.2, 0.25) is 0 Å². The fourth-order valence-corrected chi connectivity index (χ4v) is 4.99. The zero-order valence-corrected chi connectivity index (χ0v) is 23.4. The van der Waals surface area contributed by atoms with E-state index in [4.69, 9.17) is 19.7 Å². The summed E-state index contributed by atoms with van der Waals surface area (Å²) in [6, 6.07) is 13.5. The summed E-state index contributed by atoms with van der Waals surface area (Å²) < 4.78 is 42.2. The molecule has 2 aromatic carbocycles. The lowest BCUT2D eigenvalue weighted by atomic mass is 10.1. The zero-order valence-electron chi connectivity index (χ0n) is 22.4. The summed E-state index contributed by atoms with van der Waals surface area (Å²) in [4.78, 5) is 22.9. The molecule has 1 fully saturated rings. The molecule has 2 aliphatic heterocycles. The van der Waals surface area contributed by atoms with E-state index in [2.05, 4.69) is 9.88 Å². The molecule has 216 valence electrons. The second-order valence-electron chi connectivity index (χ2n) is 10.0. The first-order valence-electron chi connectivity index (χ1n) is 13.1. The lowest BCUT2D eigenvalue weighted by molar-refractivity contribution is -0.0591. The maximum atomic E-state index is 14.9. The van der Waals surface area contributed by atoms with Crippen LogP contribution in [0, 0.1) is 23.0 Å². The van der Waals surface area contributed by atoms with E-state index in [1.54, 1.807) is 18.2 Å². The third-order valence-electron chi connectivity index (χ3n) is 7.25. The number of carbonyl (C=O) groups is 1. The normalized spacial score (nSPS) is 16.4. The minimum atomic E-state index is -1.00. The molecule has 1 N–H and O–H groups in total. The van der Waals surface area contributed by atoms with Crippen molar-refractivity contribution in [1.29, 1.82) is 5.26 Å². The summed E-state index contributed by atoms with van der Waals surface area (Å²) in [7, 11) is 0. The monoisotopic (exact) mass is 591 g/mol. The van der Waals surface area contributed by atoms with Gasteiger partial charge in [0.1, 0.15) is 23.9 Å². The lowest BCUT2D eigenvalue weighted by Gasteiger charge is -2.28. The molecule has 2 aliphatic rings. The number of benzene rings is 2. The Hall–Kier alpha value is -4.31. The van der Waals surface area contributed by atoms with Crippen LogP contribution in [0.1, 0.15) is 39.6 Å². The van der Waals surface area contributed by atoms with Crippen LogP contribution < -0.4 is 4.74 Å². The van der Waals surface area contributed by atoms with Crippen molar-refractivity contribution < 1.29 is 28.2 Å². The van der Waals surface area contributed by atoms with E-state index in [0.717, 1.165) is 23.8 Å². The van der Waals surface area contributed by atoms with E-state index in [1.165, 1.54) is 24.3 Å². The number of aromatic carboxylic acids is 1. The van der Waals surface area contributed by atoms with Gasteiger partial charge in [-0.3, -0.25) is 4.90 Å². The van der Waals surface area contributed by atoms with E-state index in [-0.39, 0.29) is 48.8 Å². The minimum absolute atomic E-state index is 0. The van der Waals surface area contributed by atoms with Gasteiger partial charge in [-0.1, -0.05) is 6.08 Å². The highest BCUT2D eigenvalue weighted by atomic mass is 32.1. The minimum Gasteiger partial charge on any atom is -0.484 e. The van der Waals surface area contributed by atoms with Crippen LogP contribution in [0.5, 0.6) is 5.75 Å². The van der Waals surface area contributed by atoms with Crippen LogP contribution in [0.15, 0.2) is 54.6 Å². The van der Waals surface area contributed by atoms with E-state index in [9.17, 15) is 18.7 Å². The molecule has 0 aliphatic carbocycles. The topological polar surface area (TPSA) is 114 Å². The first-order valence-corrected chi connectivity index (χ1v) is 13.1. The number of carboxylic acids is 1. The second kappa shape index (κ2) is 12.3. The van der Waals surface area contributed by atoms with Gasteiger partial charge in [-0.15, -0.1) is 0 Å². The zero-order chi connectivity index (χ0) is 28.5. The van der Waals surface area contributed by atoms with Gasteiger partial charge in [0.25, 0.3) is 0 Å². The number of rotatable bonds is 9. The smallest absolute Gasteiger partial charge is 0.335 e. The fourth-order valence-electron chi connectivity index (χ4n) is 4.99. The maximum Gasteiger partial charge on any atom is 0.335 e. The largest absolute Gasteiger partial charge is 0.484 e. The van der Waals surface area contributed by atoms with E-state index in [1.807, 2.05) is 16.7 Å². The molecule has 2 aromatic heterocycles. The number of hydrogen-bond acceptors (Lipinski definition) is 7. The molecule has 1 atom stereocenters. The Kier molecular flexibility index (Phi) is 8.54. The highest BCUT2D eigenvalue weighted by Gasteiger charge is 2.25. The number of pyridine rings is 1. The fraction of sp³-hybridized carbons (Fsp3) is 0.267. The molecule has 6 rings (SSSR count). The van der Waals surface area contributed by atoms with Crippen LogP contribution in [0.25, 0.3) is 16.6 Å². The van der Waals surface area contributed by atoms with Crippen LogP contribution in [0.4, 0.5) is 8.78 Å². The molecule has 0 bridgehead atoms. The molecule has 4 heterocycles. The predicted octanol–water partition coefficient (Wildman–Crippen LogP) is 4.66. The van der Waals surface area contributed by atoms with E-state index < -0.39 is 17.6 Å². The molecule has 4 aromatic rings. The summed E-state index contributed by atoms with van der Waals surface area (Å²) in [6.45, 7) is 2.66. The van der Waals surface area contributed by atoms with Gasteiger partial charge >= 0.3 is 5.97 Å². The molecule has 1 saturated heterocycles. The summed E-state index contributed by atoms with van der Waals surface area (Å²) in [5.74, 6) is -1.38. The average molecular weight is 592 g/mol. The number of ether oxygens (including phenoxy) is 2. The van der Waals surface area contributed by atoms with Crippen molar-refractivity contribution in [3.05, 3.63) is 94.6 Å². The average Bonchev–Trinajstić information content (AvgIpc) is 3.54. The Balaban J connectivity index is 0.00000353. The second-order valence-corrected chi connectivity index (χ2v) is 10.0. The van der Waals surface area contributed by atoms with Gasteiger partial charge in [0.2, 0.25) is 0 Å². The molecule has 12 heteroatoms. The van der Waals surface area contributed by atoms with Gasteiger partial charge in [0.05, 0.1) is 53.1 Å². The Morgan fingerprint density at radius 2 is 1.98 bits per heavy atom. The van der Waals surface area contributed by atoms with Gasteiger partial charge < -0.3 is 19.1 Å². The van der Waals surface area contributed by atoms with Crippen LogP contribution in [-0.4, -0.2) is 56.3 Å². The van der Waals surface area contributed by atoms with Gasteiger partial charge in [-0.05, 0) is 60.5 Å². The van der Waals surface area contributed by atoms with Crippen LogP contribution in [0.3, 0.4) is 0 Å². The highest BCUT2D eigenvalue weighted by Crippen LogP contribution is 2.27. The van der Waals surface area contributed by atoms with Gasteiger partial charge in [-0.25, -0.2) is 23.5 Å². The highest BCUT2D eigenvalue weighted by molar-refractivity contribution is 7.59. The van der Waals surface area contributed by atoms with Crippen molar-refractivity contribution >= 4 is 36.1 Å². The third kappa shape index (κ3) is 5.99. The summed E-state index contributed by atoms with van der Waals surface area (Å²) in [6.07, 6.45) is 2.89. The molecule has 0 amide bonds. The van der Waals surface area contributed by atoms with Crippen molar-refractivity contribution in [3.63, 3.8) is 0 Å². The number of imidazole rings is 1. The van der Waals surface area contributed by atoms with Crippen molar-refractivity contribution in [3.8, 4) is 11.8 Å². The molecular formula is C30H27F2N5O4S. The number of nitriles is 1. The van der Waals surface area contributed by atoms with Gasteiger partial charge in [-0.2, -0.15) is 18.8 Å². The maximum absolute atomic E-state index is 14.9. The molecule has 42 heavy (non-hydrogen) atoms. The third-order valence-corrected chi connectivity index (χ3v) is 7.25. The molecule has 0 spiro atoms. The quantitative estimate of drug-likeness (QED) is 0.299. The first-order chi connectivity index (χ1) is 19.9. The lowest BCUT2D eigenvalue weighted by Crippen LogP contribution is -2.32. The summed E-state index contributed by atoms with van der Waals surface area (Å²) in [5.41, 5.74) is 3.17. The van der Waals surface area contributed by atoms with Crippen molar-refractivity contribution in [2.45, 2.75) is 32.2 Å². The first kappa shape index (κ1) is 29.2. The molecule has 0 saturated carbocycles. The van der Waals surface area contributed by atoms with Crippen molar-refractivity contribution in [2.24, 2.45) is 0 Å². The number of halogens is 2. The molecule has 0 unspecified atom stereocenters. The van der Waals surface area contributed by atoms with Crippen LogP contribution >= 0.6 is 13.5 Å². The predicted molar refractivity (Wildman–Crippen MR) is 154 cm³/mol. The summed E-state index contributed by atoms with van der Waals surface area (Å²) in [5, 5.41) is 18.4. The van der Waals surface area contributed by atoms with E-state index in [0.29, 0.717) is 49.6 Å². The molecular weight excluding hydrogens is 564 g/mol. The molecule has 9 nitrogen and oxygen atoms in total. The van der Waals surface area contributed by atoms with Gasteiger partial charge in [0.15, 0.2) is 11.6 Å². The number of aromatic nitrogens is 3. The SMILES string of the molecule is N#Cc1ccc(OCc2ccc(F)c(C3=CCN(Cc4nc5ccc(C(=O)O)cc5n4C[C@@H]4CCO4)C3)n2)c(F)c1.S. The van der Waals surface area contributed by atoms with Gasteiger partial charge in [0, 0.05) is 19.7 Å². The van der Waals surface area contributed by atoms with Crippen molar-refractivity contribution in [2.75, 3.05) is 19.7 Å². The Morgan fingerprint density at radius 3 is 2.69 bits per heavy atom. The summed E-state index contributed by atoms with van der Waals surface area (Å²) >= 11 is 0. The number of hydrogen-bond donors (Lipinski definition) is 1. The Bertz CT molecular complexity index is 1730. The molecule has 0 radical (unpaired) electrons. The Morgan fingerprint density at radius 1 is 1.14 bits per heavy atom. The Labute approximate surface area is 247 Å². The number of nitrogens with zero attached hydrogens (tertiary/aromatic N) is 5. The number of fused-ring (bicyclic) bond motifs is 1. The van der Waals surface area contributed by atoms with Crippen molar-refractivity contribution in [1.82, 2.24) is 19.4 Å². The standard InChI is InChI=1S/C30H25F2N5O4.H2S/c31-23-4-3-21(17-41-27-6-1-18(13-33)11-24(27)32)34-29(23)20-7-9-36(14-20)16-28-35-25-5-2-19(30(38)39)12-26(25)37(28)15-22-8-10-40-22;/h1-7,11-12,22H,8-10,14-17H2,(H,38,39);1H2/t22-;/m0./s1. The van der Waals surface area contributed by atoms with E-state index >= 15 is 0 Å². The van der Waals surface area contributed by atoms with Crippen LogP contribution in [-0.2, 0) is 24.4 Å². The number of carboxylic acid groups (broad SMARTS) is 1.